The Balaban J connectivity index is 1.59. The van der Waals surface area contributed by atoms with Gasteiger partial charge in [0.1, 0.15) is 0 Å². The predicted octanol–water partition coefficient (Wildman–Crippen LogP) is 1.66. The summed E-state index contributed by atoms with van der Waals surface area (Å²) in [4.78, 5) is 25.5. The molecular formula is C16H20N2O2. The Morgan fingerprint density at radius 2 is 2.00 bits per heavy atom. The third-order valence-electron chi connectivity index (χ3n) is 4.32. The molecule has 2 aliphatic carbocycles. The number of aryl methyl sites for hydroxylation is 1. The first-order chi connectivity index (χ1) is 9.66. The van der Waals surface area contributed by atoms with Gasteiger partial charge in [-0.05, 0) is 36.8 Å². The van der Waals surface area contributed by atoms with Crippen LogP contribution in [-0.4, -0.2) is 30.3 Å². The van der Waals surface area contributed by atoms with Gasteiger partial charge in [-0.1, -0.05) is 24.3 Å². The lowest BCUT2D eigenvalue weighted by Gasteiger charge is -2.25. The van der Waals surface area contributed by atoms with E-state index in [2.05, 4.69) is 17.4 Å². The Labute approximate surface area is 119 Å². The molecule has 0 radical (unpaired) electrons. The van der Waals surface area contributed by atoms with Gasteiger partial charge in [-0.3, -0.25) is 9.59 Å². The maximum atomic E-state index is 12.2. The lowest BCUT2D eigenvalue weighted by molar-refractivity contribution is -0.133. The van der Waals surface area contributed by atoms with Gasteiger partial charge in [0.05, 0.1) is 12.6 Å². The molecule has 1 aromatic carbocycles. The van der Waals surface area contributed by atoms with Crippen LogP contribution in [0, 0.1) is 5.92 Å². The van der Waals surface area contributed by atoms with Gasteiger partial charge in [0, 0.05) is 13.0 Å². The summed E-state index contributed by atoms with van der Waals surface area (Å²) in [6.07, 6.45) is 3.92. The van der Waals surface area contributed by atoms with Crippen molar-refractivity contribution < 1.29 is 9.59 Å². The Bertz CT molecular complexity index is 537. The third-order valence-corrected chi connectivity index (χ3v) is 4.32. The summed E-state index contributed by atoms with van der Waals surface area (Å²) < 4.78 is 0. The van der Waals surface area contributed by atoms with Gasteiger partial charge >= 0.3 is 0 Å². The van der Waals surface area contributed by atoms with Gasteiger partial charge in [-0.2, -0.15) is 0 Å². The molecule has 20 heavy (non-hydrogen) atoms. The molecule has 0 unspecified atom stereocenters. The fraction of sp³-hybridized carbons (Fsp3) is 0.500. The van der Waals surface area contributed by atoms with Crippen LogP contribution >= 0.6 is 0 Å². The molecule has 1 atom stereocenters. The van der Waals surface area contributed by atoms with E-state index in [1.807, 2.05) is 19.2 Å². The van der Waals surface area contributed by atoms with Gasteiger partial charge in [0.2, 0.25) is 11.8 Å². The minimum absolute atomic E-state index is 0.0132. The minimum Gasteiger partial charge on any atom is -0.347 e. The van der Waals surface area contributed by atoms with Gasteiger partial charge in [0.15, 0.2) is 0 Å². The van der Waals surface area contributed by atoms with Crippen LogP contribution in [0.1, 0.15) is 36.4 Å². The van der Waals surface area contributed by atoms with E-state index in [4.69, 9.17) is 0 Å². The Hall–Kier alpha value is -1.84. The van der Waals surface area contributed by atoms with Crippen molar-refractivity contribution in [1.82, 2.24) is 10.2 Å². The molecule has 3 rings (SSSR count). The van der Waals surface area contributed by atoms with Crippen molar-refractivity contribution in [3.8, 4) is 0 Å². The predicted molar refractivity (Wildman–Crippen MR) is 76.0 cm³/mol. The van der Waals surface area contributed by atoms with Gasteiger partial charge in [-0.25, -0.2) is 0 Å². The van der Waals surface area contributed by atoms with Crippen LogP contribution < -0.4 is 5.32 Å². The molecule has 1 fully saturated rings. The van der Waals surface area contributed by atoms with Crippen LogP contribution in [0.15, 0.2) is 24.3 Å². The highest BCUT2D eigenvalue weighted by Crippen LogP contribution is 2.34. The van der Waals surface area contributed by atoms with E-state index in [9.17, 15) is 9.59 Å². The van der Waals surface area contributed by atoms with Crippen molar-refractivity contribution >= 4 is 11.8 Å². The Morgan fingerprint density at radius 3 is 2.75 bits per heavy atom. The smallest absolute Gasteiger partial charge is 0.242 e. The summed E-state index contributed by atoms with van der Waals surface area (Å²) in [5.74, 6) is 0.166. The molecule has 2 amide bonds. The highest BCUT2D eigenvalue weighted by Gasteiger charge is 2.31. The van der Waals surface area contributed by atoms with Crippen molar-refractivity contribution in [3.05, 3.63) is 35.4 Å². The van der Waals surface area contributed by atoms with Crippen molar-refractivity contribution in [2.75, 3.05) is 13.6 Å². The molecule has 0 heterocycles. The molecule has 0 aromatic heterocycles. The first kappa shape index (κ1) is 13.2. The lowest BCUT2D eigenvalue weighted by atomic mass is 10.1. The number of carbonyl (C=O) groups is 2. The molecular weight excluding hydrogens is 252 g/mol. The fourth-order valence-electron chi connectivity index (χ4n) is 2.89. The molecule has 0 spiro atoms. The summed E-state index contributed by atoms with van der Waals surface area (Å²) in [7, 11) is 1.83. The normalized spacial score (nSPS) is 20.4. The molecule has 4 nitrogen and oxygen atoms in total. The number of nitrogens with zero attached hydrogens (tertiary/aromatic N) is 1. The van der Waals surface area contributed by atoms with Gasteiger partial charge in [-0.15, -0.1) is 0 Å². The summed E-state index contributed by atoms with van der Waals surface area (Å²) in [5.41, 5.74) is 2.58. The average Bonchev–Trinajstić information content (AvgIpc) is 3.23. The number of amides is 2. The van der Waals surface area contributed by atoms with Crippen LogP contribution in [0.4, 0.5) is 0 Å². The highest BCUT2D eigenvalue weighted by molar-refractivity contribution is 5.87. The van der Waals surface area contributed by atoms with Crippen molar-refractivity contribution in [2.24, 2.45) is 5.92 Å². The second-order valence-corrected chi connectivity index (χ2v) is 5.75. The Morgan fingerprint density at radius 1 is 1.25 bits per heavy atom. The Kier molecular flexibility index (Phi) is 3.47. The molecule has 0 saturated heterocycles. The van der Waals surface area contributed by atoms with Crippen LogP contribution in [0.2, 0.25) is 0 Å². The second kappa shape index (κ2) is 5.27. The SMILES string of the molecule is CN(C(=O)CNC(=O)C1CC1)[C@H]1CCc2ccccc21. The van der Waals surface area contributed by atoms with E-state index in [-0.39, 0.29) is 30.3 Å². The van der Waals surface area contributed by atoms with E-state index < -0.39 is 0 Å². The first-order valence-corrected chi connectivity index (χ1v) is 7.28. The monoisotopic (exact) mass is 272 g/mol. The molecule has 1 aromatic rings. The minimum atomic E-state index is -0.0132. The molecule has 106 valence electrons. The summed E-state index contributed by atoms with van der Waals surface area (Å²) >= 11 is 0. The number of benzene rings is 1. The zero-order chi connectivity index (χ0) is 14.1. The second-order valence-electron chi connectivity index (χ2n) is 5.75. The molecule has 0 aliphatic heterocycles. The number of nitrogens with one attached hydrogen (secondary N) is 1. The molecule has 0 bridgehead atoms. The molecule has 2 aliphatic rings. The van der Waals surface area contributed by atoms with Crippen LogP contribution in [0.5, 0.6) is 0 Å². The molecule has 4 heteroatoms. The number of rotatable bonds is 4. The number of fused-ring (bicyclic) bond motifs is 1. The number of hydrogen-bond donors (Lipinski definition) is 1. The maximum Gasteiger partial charge on any atom is 0.242 e. The van der Waals surface area contributed by atoms with E-state index in [0.717, 1.165) is 25.7 Å². The van der Waals surface area contributed by atoms with Crippen molar-refractivity contribution in [3.63, 3.8) is 0 Å². The van der Waals surface area contributed by atoms with Gasteiger partial charge < -0.3 is 10.2 Å². The zero-order valence-electron chi connectivity index (χ0n) is 11.8. The summed E-state index contributed by atoms with van der Waals surface area (Å²) in [6, 6.07) is 8.43. The summed E-state index contributed by atoms with van der Waals surface area (Å²) in [6.45, 7) is 0.116. The van der Waals surface area contributed by atoms with E-state index in [1.165, 1.54) is 11.1 Å². The van der Waals surface area contributed by atoms with Gasteiger partial charge in [0.25, 0.3) is 0 Å². The summed E-state index contributed by atoms with van der Waals surface area (Å²) in [5, 5.41) is 2.74. The molecule has 1 saturated carbocycles. The van der Waals surface area contributed by atoms with E-state index in [1.54, 1.807) is 4.90 Å². The maximum absolute atomic E-state index is 12.2. The number of carbonyl (C=O) groups excluding carboxylic acids is 2. The standard InChI is InChI=1S/C16H20N2O2/c1-18(15(19)10-17-16(20)12-6-7-12)14-9-8-11-4-2-3-5-13(11)14/h2-5,12,14H,6-10H2,1H3,(H,17,20)/t14-/m0/s1. The number of likely N-dealkylation sites (N-methyl/N-ethyl adjacent to an activating group) is 1. The zero-order valence-corrected chi connectivity index (χ0v) is 11.8. The largest absolute Gasteiger partial charge is 0.347 e. The highest BCUT2D eigenvalue weighted by atomic mass is 16.2. The molecule has 1 N–H and O–H groups in total. The fourth-order valence-corrected chi connectivity index (χ4v) is 2.89. The van der Waals surface area contributed by atoms with Crippen molar-refractivity contribution in [2.45, 2.75) is 31.7 Å². The van der Waals surface area contributed by atoms with Crippen LogP contribution in [0.25, 0.3) is 0 Å². The van der Waals surface area contributed by atoms with E-state index in [0.29, 0.717) is 0 Å². The quantitative estimate of drug-likeness (QED) is 0.906. The van der Waals surface area contributed by atoms with Crippen molar-refractivity contribution in [1.29, 1.82) is 0 Å². The van der Waals surface area contributed by atoms with Crippen LogP contribution in [-0.2, 0) is 16.0 Å². The average molecular weight is 272 g/mol. The first-order valence-electron chi connectivity index (χ1n) is 7.28. The topological polar surface area (TPSA) is 49.4 Å². The number of hydrogen-bond acceptors (Lipinski definition) is 2. The van der Waals surface area contributed by atoms with Crippen LogP contribution in [0.3, 0.4) is 0 Å². The third kappa shape index (κ3) is 2.55. The van der Waals surface area contributed by atoms with E-state index >= 15 is 0 Å². The lowest BCUT2D eigenvalue weighted by Crippen LogP contribution is -2.39.